The van der Waals surface area contributed by atoms with Crippen molar-refractivity contribution in [1.82, 2.24) is 29.7 Å². The van der Waals surface area contributed by atoms with Crippen molar-refractivity contribution in [1.29, 1.82) is 0 Å². The van der Waals surface area contributed by atoms with Crippen LogP contribution in [-0.2, 0) is 20.7 Å². The Labute approximate surface area is 271 Å². The van der Waals surface area contributed by atoms with Gasteiger partial charge in [0.1, 0.15) is 10.8 Å². The number of hydrogen-bond donors (Lipinski definition) is 2. The molecule has 1 aromatic carbocycles. The molecule has 0 atom stereocenters. The van der Waals surface area contributed by atoms with Gasteiger partial charge in [0.2, 0.25) is 17.8 Å². The van der Waals surface area contributed by atoms with Crippen LogP contribution >= 0.6 is 11.3 Å². The number of nitrogens with one attached hydrogen (secondary N) is 1. The number of thiazole rings is 1. The minimum Gasteiger partial charge on any atom is -0.378 e. The molecule has 0 spiro atoms. The number of pyridine rings is 1. The number of morpholine rings is 1. The molecule has 5 heterocycles. The highest BCUT2D eigenvalue weighted by molar-refractivity contribution is 7.18. The molecule has 4 aromatic rings. The molecule has 3 aromatic heterocycles. The molecular weight excluding hydrogens is 604 g/mol. The monoisotopic (exact) mass is 642 g/mol. The van der Waals surface area contributed by atoms with Crippen LogP contribution in [0.3, 0.4) is 0 Å². The second-order valence-electron chi connectivity index (χ2n) is 11.5. The predicted octanol–water partition coefficient (Wildman–Crippen LogP) is 2.51. The van der Waals surface area contributed by atoms with Gasteiger partial charge in [-0.1, -0.05) is 6.08 Å². The number of benzene rings is 1. The standard InChI is InChI=1S/C32H38N10O3S/c1-39(2)7-3-4-29(43)36-23-5-6-27-26(16-23)38-30(46-27)19-31(44)42-10-8-40(9-11-42)24-17-25(22-20-34-32(33)35-21-22)37-28(18-24)41-12-14-45-15-13-41/h3-6,16-18,20-21H,7-15,19H2,1-2H3,(H,36,43)(H2,33,34,35)/b4-3+. The van der Waals surface area contributed by atoms with Gasteiger partial charge in [-0.05, 0) is 38.4 Å². The number of aromatic nitrogens is 4. The van der Waals surface area contributed by atoms with Crippen molar-refractivity contribution in [3.63, 3.8) is 0 Å². The fourth-order valence-electron chi connectivity index (χ4n) is 5.40. The zero-order chi connectivity index (χ0) is 32.0. The number of rotatable bonds is 9. The largest absolute Gasteiger partial charge is 0.378 e. The Bertz CT molecular complexity index is 1710. The number of carbonyl (C=O) groups is 2. The first-order valence-electron chi connectivity index (χ1n) is 15.3. The van der Waals surface area contributed by atoms with Crippen molar-refractivity contribution in [3.8, 4) is 11.3 Å². The van der Waals surface area contributed by atoms with Gasteiger partial charge in [-0.3, -0.25) is 9.59 Å². The highest BCUT2D eigenvalue weighted by Gasteiger charge is 2.24. The molecule has 46 heavy (non-hydrogen) atoms. The minimum atomic E-state index is -0.189. The van der Waals surface area contributed by atoms with Gasteiger partial charge in [0, 0.05) is 87.3 Å². The lowest BCUT2D eigenvalue weighted by Crippen LogP contribution is -2.49. The zero-order valence-corrected chi connectivity index (χ0v) is 26.9. The van der Waals surface area contributed by atoms with E-state index in [1.807, 2.05) is 54.2 Å². The van der Waals surface area contributed by atoms with E-state index in [2.05, 4.69) is 31.2 Å². The first kappa shape index (κ1) is 31.3. The van der Waals surface area contributed by atoms with E-state index in [-0.39, 0.29) is 24.2 Å². The molecule has 13 nitrogen and oxygen atoms in total. The molecule has 240 valence electrons. The Morgan fingerprint density at radius 3 is 2.50 bits per heavy atom. The molecule has 6 rings (SSSR count). The van der Waals surface area contributed by atoms with Crippen molar-refractivity contribution in [2.24, 2.45) is 0 Å². The van der Waals surface area contributed by atoms with Crippen LogP contribution in [-0.4, -0.2) is 115 Å². The van der Waals surface area contributed by atoms with Crippen LogP contribution in [0, 0.1) is 0 Å². The van der Waals surface area contributed by atoms with Gasteiger partial charge < -0.3 is 35.4 Å². The van der Waals surface area contributed by atoms with Crippen molar-refractivity contribution in [3.05, 3.63) is 59.9 Å². The number of fused-ring (bicyclic) bond motifs is 1. The molecule has 2 amide bonds. The number of piperazine rings is 1. The summed E-state index contributed by atoms with van der Waals surface area (Å²) in [6, 6.07) is 9.80. The molecule has 0 radical (unpaired) electrons. The fraction of sp³-hybridized carbons (Fsp3) is 0.375. The van der Waals surface area contributed by atoms with E-state index in [1.54, 1.807) is 12.4 Å². The summed E-state index contributed by atoms with van der Waals surface area (Å²) >= 11 is 1.51. The number of anilines is 4. The highest BCUT2D eigenvalue weighted by Crippen LogP contribution is 2.30. The molecule has 2 fully saturated rings. The van der Waals surface area contributed by atoms with E-state index in [4.69, 9.17) is 20.4 Å². The van der Waals surface area contributed by atoms with Crippen LogP contribution in [0.5, 0.6) is 0 Å². The molecule has 14 heteroatoms. The summed E-state index contributed by atoms with van der Waals surface area (Å²) in [5, 5.41) is 3.64. The Kier molecular flexibility index (Phi) is 9.66. The number of hydrogen-bond acceptors (Lipinski definition) is 12. The molecule has 0 aliphatic carbocycles. The lowest BCUT2D eigenvalue weighted by molar-refractivity contribution is -0.130. The molecular formula is C32H38N10O3S. The van der Waals surface area contributed by atoms with Crippen LogP contribution < -0.4 is 20.9 Å². The van der Waals surface area contributed by atoms with Crippen molar-refractivity contribution < 1.29 is 14.3 Å². The van der Waals surface area contributed by atoms with E-state index >= 15 is 0 Å². The van der Waals surface area contributed by atoms with E-state index in [0.29, 0.717) is 51.6 Å². The van der Waals surface area contributed by atoms with Crippen molar-refractivity contribution in [2.75, 3.05) is 94.0 Å². The van der Waals surface area contributed by atoms with Gasteiger partial charge in [-0.15, -0.1) is 11.3 Å². The maximum atomic E-state index is 13.3. The highest BCUT2D eigenvalue weighted by atomic mass is 32.1. The van der Waals surface area contributed by atoms with Gasteiger partial charge in [-0.2, -0.15) is 0 Å². The summed E-state index contributed by atoms with van der Waals surface area (Å²) in [5.74, 6) is 0.968. The Morgan fingerprint density at radius 1 is 1.00 bits per heavy atom. The maximum absolute atomic E-state index is 13.3. The first-order chi connectivity index (χ1) is 22.3. The van der Waals surface area contributed by atoms with E-state index in [1.165, 1.54) is 17.4 Å². The average Bonchev–Trinajstić information content (AvgIpc) is 3.46. The smallest absolute Gasteiger partial charge is 0.248 e. The van der Waals surface area contributed by atoms with E-state index in [0.717, 1.165) is 51.1 Å². The molecule has 2 aliphatic heterocycles. The summed E-state index contributed by atoms with van der Waals surface area (Å²) in [7, 11) is 3.89. The number of nitrogens with two attached hydrogens (primary N) is 1. The summed E-state index contributed by atoms with van der Waals surface area (Å²) in [5.41, 5.74) is 9.77. The molecule has 0 unspecified atom stereocenters. The van der Waals surface area contributed by atoms with Crippen LogP contribution in [0.1, 0.15) is 5.01 Å². The third-order valence-electron chi connectivity index (χ3n) is 7.84. The lowest BCUT2D eigenvalue weighted by Gasteiger charge is -2.37. The van der Waals surface area contributed by atoms with Gasteiger partial charge >= 0.3 is 0 Å². The molecule has 2 saturated heterocycles. The first-order valence-corrected chi connectivity index (χ1v) is 16.1. The number of carbonyl (C=O) groups excluding carboxylic acids is 2. The number of likely N-dealkylation sites (N-methyl/N-ethyl adjacent to an activating group) is 1. The summed E-state index contributed by atoms with van der Waals surface area (Å²) in [6.45, 7) is 6.16. The van der Waals surface area contributed by atoms with Crippen LogP contribution in [0.25, 0.3) is 21.5 Å². The third kappa shape index (κ3) is 7.76. The predicted molar refractivity (Wildman–Crippen MR) is 181 cm³/mol. The van der Waals surface area contributed by atoms with Crippen LogP contribution in [0.4, 0.5) is 23.1 Å². The average molecular weight is 643 g/mol. The third-order valence-corrected chi connectivity index (χ3v) is 8.87. The van der Waals surface area contributed by atoms with Gasteiger partial charge in [-0.25, -0.2) is 19.9 Å². The molecule has 2 aliphatic rings. The van der Waals surface area contributed by atoms with Crippen molar-refractivity contribution in [2.45, 2.75) is 6.42 Å². The molecule has 0 saturated carbocycles. The Balaban J connectivity index is 1.09. The number of amides is 2. The maximum Gasteiger partial charge on any atom is 0.248 e. The summed E-state index contributed by atoms with van der Waals surface area (Å²) < 4.78 is 6.53. The fourth-order valence-corrected chi connectivity index (χ4v) is 6.33. The molecule has 3 N–H and O–H groups in total. The molecule has 0 bridgehead atoms. The van der Waals surface area contributed by atoms with E-state index in [9.17, 15) is 9.59 Å². The lowest BCUT2D eigenvalue weighted by atomic mass is 10.1. The topological polar surface area (TPSA) is 146 Å². The Hall–Kier alpha value is -4.66. The quantitative estimate of drug-likeness (QED) is 0.260. The number of nitrogen functional groups attached to an aromatic ring is 1. The summed E-state index contributed by atoms with van der Waals surface area (Å²) in [4.78, 5) is 51.9. The SMILES string of the molecule is CN(C)C/C=C/C(=O)Nc1ccc2sc(CC(=O)N3CCN(c4cc(-c5cnc(N)nc5)nc(N5CCOCC5)c4)CC3)nc2c1. The number of ether oxygens (including phenoxy) is 1. The second kappa shape index (κ2) is 14.2. The van der Waals surface area contributed by atoms with Gasteiger partial charge in [0.15, 0.2) is 0 Å². The van der Waals surface area contributed by atoms with Crippen LogP contribution in [0.15, 0.2) is 54.9 Å². The summed E-state index contributed by atoms with van der Waals surface area (Å²) in [6.07, 6.45) is 6.97. The zero-order valence-electron chi connectivity index (χ0n) is 26.1. The van der Waals surface area contributed by atoms with Crippen molar-refractivity contribution >= 4 is 56.5 Å². The Morgan fingerprint density at radius 2 is 1.76 bits per heavy atom. The number of nitrogens with zero attached hydrogens (tertiary/aromatic N) is 8. The van der Waals surface area contributed by atoms with Gasteiger partial charge in [0.25, 0.3) is 0 Å². The normalized spacial score (nSPS) is 15.7. The minimum absolute atomic E-state index is 0.0571. The second-order valence-corrected chi connectivity index (χ2v) is 12.6. The van der Waals surface area contributed by atoms with Gasteiger partial charge in [0.05, 0.1) is 35.5 Å². The van der Waals surface area contributed by atoms with Crippen LogP contribution in [0.2, 0.25) is 0 Å². The van der Waals surface area contributed by atoms with E-state index < -0.39 is 0 Å².